The highest BCUT2D eigenvalue weighted by Gasteiger charge is 2.07. The van der Waals surface area contributed by atoms with Crippen LogP contribution in [0.5, 0.6) is 0 Å². The monoisotopic (exact) mass is 277 g/mol. The summed E-state index contributed by atoms with van der Waals surface area (Å²) in [6.07, 6.45) is 7.45. The summed E-state index contributed by atoms with van der Waals surface area (Å²) in [5, 5.41) is 4.16. The third kappa shape index (κ3) is 3.05. The number of carbonyl (C=O) groups excluding carboxylic acids is 1. The van der Waals surface area contributed by atoms with Crippen LogP contribution < -0.4 is 0 Å². The predicted molar refractivity (Wildman–Crippen MR) is 80.9 cm³/mol. The van der Waals surface area contributed by atoms with Crippen molar-refractivity contribution >= 4 is 5.78 Å². The van der Waals surface area contributed by atoms with Gasteiger partial charge in [0.25, 0.3) is 0 Å². The molecular weight excluding hydrogens is 262 g/mol. The second-order valence-corrected chi connectivity index (χ2v) is 4.94. The molecule has 0 saturated carbocycles. The molecule has 0 atom stereocenters. The quantitative estimate of drug-likeness (QED) is 0.689. The topological polar surface area (TPSA) is 47.8 Å². The Kier molecular flexibility index (Phi) is 3.60. The fourth-order valence-electron chi connectivity index (χ4n) is 2.20. The third-order valence-electron chi connectivity index (χ3n) is 3.34. The summed E-state index contributed by atoms with van der Waals surface area (Å²) in [5.41, 5.74) is 3.81. The summed E-state index contributed by atoms with van der Waals surface area (Å²) in [6.45, 7) is 0. The van der Waals surface area contributed by atoms with Gasteiger partial charge in [0.1, 0.15) is 0 Å². The van der Waals surface area contributed by atoms with Crippen LogP contribution in [0.3, 0.4) is 0 Å². The fraction of sp³-hybridized carbons (Fsp3) is 0.118. The third-order valence-corrected chi connectivity index (χ3v) is 3.34. The zero-order chi connectivity index (χ0) is 14.7. The number of hydrogen-bond acceptors (Lipinski definition) is 3. The van der Waals surface area contributed by atoms with Gasteiger partial charge in [-0.2, -0.15) is 5.10 Å². The molecule has 0 aliphatic rings. The molecule has 2 heterocycles. The van der Waals surface area contributed by atoms with E-state index in [0.29, 0.717) is 12.0 Å². The maximum Gasteiger partial charge on any atom is 0.168 e. The number of nitrogens with zero attached hydrogens (tertiary/aromatic N) is 3. The maximum atomic E-state index is 12.1. The number of Topliss-reactive ketones (excluding diaryl/α,β-unsaturated/α-hetero) is 1. The van der Waals surface area contributed by atoms with Crippen LogP contribution in [0.1, 0.15) is 15.9 Å². The molecule has 0 radical (unpaired) electrons. The molecule has 0 amide bonds. The van der Waals surface area contributed by atoms with Gasteiger partial charge in [0.05, 0.1) is 6.20 Å². The number of hydrogen-bond donors (Lipinski definition) is 0. The predicted octanol–water partition coefficient (Wildman–Crippen LogP) is 2.91. The van der Waals surface area contributed by atoms with Gasteiger partial charge in [-0.25, -0.2) is 0 Å². The standard InChI is InChI=1S/C17H15N3O/c1-20-12-16(11-19-20)14-6-4-13(5-7-14)9-17(21)15-3-2-8-18-10-15/h2-8,10-12H,9H2,1H3. The summed E-state index contributed by atoms with van der Waals surface area (Å²) >= 11 is 0. The van der Waals surface area contributed by atoms with E-state index < -0.39 is 0 Å². The molecule has 3 rings (SSSR count). The van der Waals surface area contributed by atoms with Crippen molar-refractivity contribution in [1.29, 1.82) is 0 Å². The summed E-state index contributed by atoms with van der Waals surface area (Å²) in [6, 6.07) is 11.6. The Morgan fingerprint density at radius 3 is 2.52 bits per heavy atom. The van der Waals surface area contributed by atoms with Crippen molar-refractivity contribution in [2.75, 3.05) is 0 Å². The molecule has 0 spiro atoms. The van der Waals surface area contributed by atoms with Crippen molar-refractivity contribution < 1.29 is 4.79 Å². The van der Waals surface area contributed by atoms with E-state index >= 15 is 0 Å². The average Bonchev–Trinajstić information content (AvgIpc) is 2.95. The van der Waals surface area contributed by atoms with Crippen LogP contribution in [0.15, 0.2) is 61.2 Å². The van der Waals surface area contributed by atoms with Crippen molar-refractivity contribution in [3.8, 4) is 11.1 Å². The highest BCUT2D eigenvalue weighted by molar-refractivity contribution is 5.97. The summed E-state index contributed by atoms with van der Waals surface area (Å²) in [5.74, 6) is 0.0808. The molecule has 1 aromatic carbocycles. The molecule has 0 aliphatic carbocycles. The number of aromatic nitrogens is 3. The molecule has 3 aromatic rings. The Bertz CT molecular complexity index is 745. The molecule has 0 saturated heterocycles. The number of aryl methyl sites for hydroxylation is 1. The van der Waals surface area contributed by atoms with Gasteiger partial charge in [-0.1, -0.05) is 24.3 Å². The van der Waals surface area contributed by atoms with Gasteiger partial charge in [0.2, 0.25) is 0 Å². The maximum absolute atomic E-state index is 12.1. The minimum Gasteiger partial charge on any atom is -0.294 e. The Hall–Kier alpha value is -2.75. The van der Waals surface area contributed by atoms with Crippen LogP contribution in [-0.2, 0) is 13.5 Å². The molecule has 0 unspecified atom stereocenters. The second kappa shape index (κ2) is 5.71. The van der Waals surface area contributed by atoms with E-state index in [1.807, 2.05) is 43.7 Å². The number of pyridine rings is 1. The largest absolute Gasteiger partial charge is 0.294 e. The van der Waals surface area contributed by atoms with Crippen LogP contribution in [0.4, 0.5) is 0 Å². The van der Waals surface area contributed by atoms with Gasteiger partial charge in [0.15, 0.2) is 5.78 Å². The zero-order valence-corrected chi connectivity index (χ0v) is 11.7. The number of rotatable bonds is 4. The van der Waals surface area contributed by atoms with Crippen LogP contribution in [-0.4, -0.2) is 20.5 Å². The minimum atomic E-state index is 0.0808. The lowest BCUT2D eigenvalue weighted by Crippen LogP contribution is -2.03. The van der Waals surface area contributed by atoms with E-state index in [1.165, 1.54) is 0 Å². The summed E-state index contributed by atoms with van der Waals surface area (Å²) in [4.78, 5) is 16.1. The lowest BCUT2D eigenvalue weighted by atomic mass is 10.0. The van der Waals surface area contributed by atoms with E-state index in [9.17, 15) is 4.79 Å². The fourth-order valence-corrected chi connectivity index (χ4v) is 2.20. The lowest BCUT2D eigenvalue weighted by Gasteiger charge is -2.03. The van der Waals surface area contributed by atoms with Crippen LogP contribution >= 0.6 is 0 Å². The lowest BCUT2D eigenvalue weighted by molar-refractivity contribution is 0.0992. The first-order valence-corrected chi connectivity index (χ1v) is 6.73. The molecule has 104 valence electrons. The molecular formula is C17H15N3O. The van der Waals surface area contributed by atoms with E-state index in [0.717, 1.165) is 16.7 Å². The number of benzene rings is 1. The van der Waals surface area contributed by atoms with Gasteiger partial charge in [0, 0.05) is 43.2 Å². The Labute approximate surface area is 123 Å². The van der Waals surface area contributed by atoms with Crippen molar-refractivity contribution in [2.24, 2.45) is 7.05 Å². The van der Waals surface area contributed by atoms with Gasteiger partial charge in [-0.3, -0.25) is 14.5 Å². The zero-order valence-electron chi connectivity index (χ0n) is 11.7. The van der Waals surface area contributed by atoms with Gasteiger partial charge in [-0.15, -0.1) is 0 Å². The first-order valence-electron chi connectivity index (χ1n) is 6.73. The first kappa shape index (κ1) is 13.2. The summed E-state index contributed by atoms with van der Waals surface area (Å²) in [7, 11) is 1.89. The molecule has 0 N–H and O–H groups in total. The Balaban J connectivity index is 1.74. The van der Waals surface area contributed by atoms with Gasteiger partial charge < -0.3 is 0 Å². The molecule has 0 aliphatic heterocycles. The van der Waals surface area contributed by atoms with Crippen molar-refractivity contribution in [2.45, 2.75) is 6.42 Å². The molecule has 21 heavy (non-hydrogen) atoms. The molecule has 4 heteroatoms. The number of carbonyl (C=O) groups is 1. The smallest absolute Gasteiger partial charge is 0.168 e. The van der Waals surface area contributed by atoms with Crippen molar-refractivity contribution in [3.63, 3.8) is 0 Å². The van der Waals surface area contributed by atoms with E-state index in [2.05, 4.69) is 10.1 Å². The van der Waals surface area contributed by atoms with Gasteiger partial charge >= 0.3 is 0 Å². The van der Waals surface area contributed by atoms with Gasteiger partial charge in [-0.05, 0) is 23.3 Å². The van der Waals surface area contributed by atoms with Crippen LogP contribution in [0.2, 0.25) is 0 Å². The highest BCUT2D eigenvalue weighted by Crippen LogP contribution is 2.19. The second-order valence-electron chi connectivity index (χ2n) is 4.94. The molecule has 2 aromatic heterocycles. The van der Waals surface area contributed by atoms with E-state index in [-0.39, 0.29) is 5.78 Å². The molecule has 4 nitrogen and oxygen atoms in total. The van der Waals surface area contributed by atoms with E-state index in [1.54, 1.807) is 29.2 Å². The first-order chi connectivity index (χ1) is 10.2. The van der Waals surface area contributed by atoms with Crippen molar-refractivity contribution in [3.05, 3.63) is 72.3 Å². The van der Waals surface area contributed by atoms with Crippen molar-refractivity contribution in [1.82, 2.24) is 14.8 Å². The summed E-state index contributed by atoms with van der Waals surface area (Å²) < 4.78 is 1.77. The minimum absolute atomic E-state index is 0.0808. The SMILES string of the molecule is Cn1cc(-c2ccc(CC(=O)c3cccnc3)cc2)cn1. The molecule has 0 fully saturated rings. The normalized spacial score (nSPS) is 10.5. The highest BCUT2D eigenvalue weighted by atomic mass is 16.1. The molecule has 0 bridgehead atoms. The Morgan fingerprint density at radius 1 is 1.10 bits per heavy atom. The van der Waals surface area contributed by atoms with E-state index in [4.69, 9.17) is 0 Å². The van der Waals surface area contributed by atoms with Crippen LogP contribution in [0.25, 0.3) is 11.1 Å². The number of ketones is 1. The van der Waals surface area contributed by atoms with Crippen LogP contribution in [0, 0.1) is 0 Å². The Morgan fingerprint density at radius 2 is 1.90 bits per heavy atom. The average molecular weight is 277 g/mol.